The molecule has 0 amide bonds. The van der Waals surface area contributed by atoms with Gasteiger partial charge in [-0.25, -0.2) is 0 Å². The van der Waals surface area contributed by atoms with Gasteiger partial charge >= 0.3 is 0 Å². The van der Waals surface area contributed by atoms with Crippen LogP contribution in [0, 0.1) is 0 Å². The first-order chi connectivity index (χ1) is 10.8. The zero-order chi connectivity index (χ0) is 15.8. The lowest BCUT2D eigenvalue weighted by molar-refractivity contribution is 0.317. The van der Waals surface area contributed by atoms with Gasteiger partial charge in [0.25, 0.3) is 0 Å². The molecule has 2 aromatic carbocycles. The van der Waals surface area contributed by atoms with Crippen LogP contribution in [0.4, 0.5) is 0 Å². The third-order valence-corrected chi connectivity index (χ3v) is 3.72. The van der Waals surface area contributed by atoms with Crippen molar-refractivity contribution in [2.45, 2.75) is 25.7 Å². The summed E-state index contributed by atoms with van der Waals surface area (Å²) in [7, 11) is 1.70. The molecule has 2 aromatic rings. The molecule has 2 rings (SSSR count). The molecule has 0 heterocycles. The Balaban J connectivity index is 2.16. The van der Waals surface area contributed by atoms with Gasteiger partial charge in [0.2, 0.25) is 0 Å². The molecular weight excluding hydrogens is 274 g/mol. The highest BCUT2D eigenvalue weighted by atomic mass is 16.5. The van der Waals surface area contributed by atoms with Gasteiger partial charge in [-0.3, -0.25) is 0 Å². The lowest BCUT2D eigenvalue weighted by Gasteiger charge is -2.18. The molecule has 0 saturated heterocycles. The minimum absolute atomic E-state index is 0.234. The molecule has 3 nitrogen and oxygen atoms in total. The summed E-state index contributed by atoms with van der Waals surface area (Å²) in [6.45, 7) is 3.44. The summed E-state index contributed by atoms with van der Waals surface area (Å²) in [5.41, 5.74) is 8.40. The van der Waals surface area contributed by atoms with Gasteiger partial charge in [-0.1, -0.05) is 37.3 Å². The molecule has 1 atom stereocenters. The number of hydrogen-bond donors (Lipinski definition) is 1. The number of hydrogen-bond acceptors (Lipinski definition) is 3. The van der Waals surface area contributed by atoms with Crippen LogP contribution in [0.15, 0.2) is 48.5 Å². The second kappa shape index (κ2) is 8.44. The third kappa shape index (κ3) is 4.25. The van der Waals surface area contributed by atoms with E-state index in [-0.39, 0.29) is 5.92 Å². The van der Waals surface area contributed by atoms with E-state index in [0.717, 1.165) is 36.5 Å². The molecule has 0 spiro atoms. The summed E-state index contributed by atoms with van der Waals surface area (Å²) in [5, 5.41) is 0. The van der Waals surface area contributed by atoms with Crippen molar-refractivity contribution in [2.75, 3.05) is 20.3 Å². The van der Waals surface area contributed by atoms with Crippen LogP contribution in [0.5, 0.6) is 11.5 Å². The van der Waals surface area contributed by atoms with E-state index >= 15 is 0 Å². The first kappa shape index (κ1) is 16.4. The molecule has 2 N–H and O–H groups in total. The Labute approximate surface area is 133 Å². The fraction of sp³-hybridized carbons (Fsp3) is 0.368. The molecule has 0 bridgehead atoms. The van der Waals surface area contributed by atoms with E-state index in [4.69, 9.17) is 15.2 Å². The summed E-state index contributed by atoms with van der Waals surface area (Å²) in [4.78, 5) is 0. The normalized spacial score (nSPS) is 12.0. The SMILES string of the molecule is CCCOc1cccc(CC(CN)c2ccccc2OC)c1. The molecule has 118 valence electrons. The van der Waals surface area contributed by atoms with E-state index in [1.165, 1.54) is 5.56 Å². The molecule has 0 aromatic heterocycles. The first-order valence-corrected chi connectivity index (χ1v) is 7.83. The monoisotopic (exact) mass is 299 g/mol. The van der Waals surface area contributed by atoms with Crippen molar-refractivity contribution in [3.05, 3.63) is 59.7 Å². The predicted molar refractivity (Wildman–Crippen MR) is 90.7 cm³/mol. The number of benzene rings is 2. The van der Waals surface area contributed by atoms with Crippen molar-refractivity contribution in [2.24, 2.45) is 5.73 Å². The summed E-state index contributed by atoms with van der Waals surface area (Å²) < 4.78 is 11.2. The van der Waals surface area contributed by atoms with Gasteiger partial charge in [-0.05, 0) is 48.7 Å². The molecule has 22 heavy (non-hydrogen) atoms. The topological polar surface area (TPSA) is 44.5 Å². The van der Waals surface area contributed by atoms with Gasteiger partial charge in [0.05, 0.1) is 13.7 Å². The van der Waals surface area contributed by atoms with E-state index in [1.54, 1.807) is 7.11 Å². The predicted octanol–water partition coefficient (Wildman–Crippen LogP) is 3.77. The van der Waals surface area contributed by atoms with E-state index in [2.05, 4.69) is 25.1 Å². The summed E-state index contributed by atoms with van der Waals surface area (Å²) >= 11 is 0. The van der Waals surface area contributed by atoms with Gasteiger partial charge in [-0.2, -0.15) is 0 Å². The van der Waals surface area contributed by atoms with Gasteiger partial charge < -0.3 is 15.2 Å². The van der Waals surface area contributed by atoms with Crippen LogP contribution in [0.2, 0.25) is 0 Å². The highest BCUT2D eigenvalue weighted by molar-refractivity contribution is 5.38. The van der Waals surface area contributed by atoms with Gasteiger partial charge in [0.1, 0.15) is 11.5 Å². The number of methoxy groups -OCH3 is 1. The molecule has 0 aliphatic carbocycles. The van der Waals surface area contributed by atoms with Crippen molar-refractivity contribution in [1.82, 2.24) is 0 Å². The number of nitrogens with two attached hydrogens (primary N) is 1. The van der Waals surface area contributed by atoms with E-state index in [0.29, 0.717) is 6.54 Å². The Morgan fingerprint density at radius 3 is 2.64 bits per heavy atom. The van der Waals surface area contributed by atoms with Gasteiger partial charge in [0.15, 0.2) is 0 Å². The third-order valence-electron chi connectivity index (χ3n) is 3.72. The molecule has 1 unspecified atom stereocenters. The average Bonchev–Trinajstić information content (AvgIpc) is 2.58. The van der Waals surface area contributed by atoms with Crippen molar-refractivity contribution < 1.29 is 9.47 Å². The second-order valence-electron chi connectivity index (χ2n) is 5.37. The minimum Gasteiger partial charge on any atom is -0.496 e. The van der Waals surface area contributed by atoms with E-state index < -0.39 is 0 Å². The zero-order valence-corrected chi connectivity index (χ0v) is 13.4. The van der Waals surface area contributed by atoms with Crippen LogP contribution in [-0.2, 0) is 6.42 Å². The number of para-hydroxylation sites is 1. The van der Waals surface area contributed by atoms with Gasteiger partial charge in [0, 0.05) is 5.92 Å². The average molecular weight is 299 g/mol. The van der Waals surface area contributed by atoms with Crippen molar-refractivity contribution >= 4 is 0 Å². The Hall–Kier alpha value is -2.00. The van der Waals surface area contributed by atoms with Crippen molar-refractivity contribution in [3.63, 3.8) is 0 Å². The highest BCUT2D eigenvalue weighted by Crippen LogP contribution is 2.29. The molecule has 0 saturated carbocycles. The van der Waals surface area contributed by atoms with Crippen molar-refractivity contribution in [1.29, 1.82) is 0 Å². The number of ether oxygens (including phenoxy) is 2. The Kier molecular flexibility index (Phi) is 6.28. The summed E-state index contributed by atoms with van der Waals surface area (Å²) in [6, 6.07) is 16.4. The largest absolute Gasteiger partial charge is 0.496 e. The molecule has 0 radical (unpaired) electrons. The first-order valence-electron chi connectivity index (χ1n) is 7.83. The quantitative estimate of drug-likeness (QED) is 0.807. The van der Waals surface area contributed by atoms with Crippen molar-refractivity contribution in [3.8, 4) is 11.5 Å². The van der Waals surface area contributed by atoms with Crippen LogP contribution in [0.3, 0.4) is 0 Å². The highest BCUT2D eigenvalue weighted by Gasteiger charge is 2.15. The maximum absolute atomic E-state index is 6.01. The van der Waals surface area contributed by atoms with E-state index in [1.807, 2.05) is 30.3 Å². The van der Waals surface area contributed by atoms with Crippen LogP contribution in [-0.4, -0.2) is 20.3 Å². The molecule has 0 aliphatic rings. The van der Waals surface area contributed by atoms with Crippen LogP contribution in [0.25, 0.3) is 0 Å². The maximum atomic E-state index is 6.01. The van der Waals surface area contributed by atoms with E-state index in [9.17, 15) is 0 Å². The maximum Gasteiger partial charge on any atom is 0.122 e. The van der Waals surface area contributed by atoms with Crippen LogP contribution < -0.4 is 15.2 Å². The molecular formula is C19H25NO2. The van der Waals surface area contributed by atoms with Gasteiger partial charge in [-0.15, -0.1) is 0 Å². The lowest BCUT2D eigenvalue weighted by atomic mass is 9.91. The van der Waals surface area contributed by atoms with Crippen LogP contribution in [0.1, 0.15) is 30.4 Å². The smallest absolute Gasteiger partial charge is 0.122 e. The molecule has 0 aliphatic heterocycles. The fourth-order valence-electron chi connectivity index (χ4n) is 2.59. The standard InChI is InChI=1S/C19H25NO2/c1-3-11-22-17-8-6-7-15(13-17)12-16(14-20)18-9-4-5-10-19(18)21-2/h4-10,13,16H,3,11-12,14,20H2,1-2H3. The lowest BCUT2D eigenvalue weighted by Crippen LogP contribution is -2.16. The molecule has 3 heteroatoms. The Morgan fingerprint density at radius 1 is 1.09 bits per heavy atom. The zero-order valence-electron chi connectivity index (χ0n) is 13.4. The Bertz CT molecular complexity index is 583. The second-order valence-corrected chi connectivity index (χ2v) is 5.37. The molecule has 0 fully saturated rings. The fourth-order valence-corrected chi connectivity index (χ4v) is 2.59. The summed E-state index contributed by atoms with van der Waals surface area (Å²) in [6.07, 6.45) is 1.89. The minimum atomic E-state index is 0.234. The van der Waals surface area contributed by atoms with Crippen LogP contribution >= 0.6 is 0 Å². The Morgan fingerprint density at radius 2 is 1.91 bits per heavy atom. The summed E-state index contributed by atoms with van der Waals surface area (Å²) in [5.74, 6) is 2.06. The number of rotatable bonds is 8.